The maximum Gasteiger partial charge on any atom is 0.290 e. The average molecular weight is 326 g/mol. The lowest BCUT2D eigenvalue weighted by molar-refractivity contribution is -0.115. The molecule has 1 N–H and O–H groups in total. The third kappa shape index (κ3) is 4.60. The summed E-state index contributed by atoms with van der Waals surface area (Å²) in [4.78, 5) is 25.0. The van der Waals surface area contributed by atoms with Crippen LogP contribution in [0, 0.1) is 22.7 Å². The molecule has 0 aliphatic carbocycles. The molecular formula is C16H14N4O2S. The van der Waals surface area contributed by atoms with Crippen LogP contribution >= 0.6 is 11.8 Å². The highest BCUT2D eigenvalue weighted by molar-refractivity contribution is 8.18. The molecule has 1 aliphatic heterocycles. The maximum absolute atomic E-state index is 11.5. The number of nitriles is 2. The van der Waals surface area contributed by atoms with E-state index in [9.17, 15) is 9.59 Å². The second kappa shape index (κ2) is 8.02. The highest BCUT2D eigenvalue weighted by Gasteiger charge is 2.24. The van der Waals surface area contributed by atoms with Crippen molar-refractivity contribution in [1.29, 1.82) is 10.5 Å². The van der Waals surface area contributed by atoms with Gasteiger partial charge < -0.3 is 4.90 Å². The van der Waals surface area contributed by atoms with E-state index in [2.05, 4.69) is 17.5 Å². The van der Waals surface area contributed by atoms with E-state index in [1.807, 2.05) is 29.2 Å². The number of benzene rings is 1. The van der Waals surface area contributed by atoms with Crippen molar-refractivity contribution < 1.29 is 9.59 Å². The van der Waals surface area contributed by atoms with Crippen LogP contribution in [0.4, 0.5) is 10.5 Å². The minimum Gasteiger partial charge on any atom is -0.369 e. The van der Waals surface area contributed by atoms with Crippen molar-refractivity contribution in [3.63, 3.8) is 0 Å². The second-order valence-electron chi connectivity index (χ2n) is 4.75. The Kier molecular flexibility index (Phi) is 5.79. The van der Waals surface area contributed by atoms with Crippen molar-refractivity contribution >= 4 is 34.7 Å². The number of hydrogen-bond donors (Lipinski definition) is 1. The highest BCUT2D eigenvalue weighted by Crippen LogP contribution is 2.26. The van der Waals surface area contributed by atoms with Gasteiger partial charge in [0.05, 0.1) is 29.9 Å². The molecule has 2 rings (SSSR count). The Balaban J connectivity index is 2.12. The monoisotopic (exact) mass is 326 g/mol. The number of carbonyl (C=O) groups is 2. The fourth-order valence-electron chi connectivity index (χ4n) is 2.09. The quantitative estimate of drug-likeness (QED) is 0.807. The molecule has 0 unspecified atom stereocenters. The van der Waals surface area contributed by atoms with Crippen LogP contribution in [0.15, 0.2) is 29.2 Å². The molecule has 0 spiro atoms. The Hall–Kier alpha value is -2.77. The third-order valence-corrected chi connectivity index (χ3v) is 4.00. The van der Waals surface area contributed by atoms with Crippen LogP contribution < -0.4 is 10.2 Å². The highest BCUT2D eigenvalue weighted by atomic mass is 32.2. The fourth-order valence-corrected chi connectivity index (χ4v) is 2.78. The summed E-state index contributed by atoms with van der Waals surface area (Å²) >= 11 is 0.880. The molecule has 23 heavy (non-hydrogen) atoms. The molecule has 6 nitrogen and oxygen atoms in total. The molecule has 1 aromatic rings. The summed E-state index contributed by atoms with van der Waals surface area (Å²) < 4.78 is 0. The lowest BCUT2D eigenvalue weighted by atomic mass is 10.1. The normalized spacial score (nSPS) is 15.1. The zero-order chi connectivity index (χ0) is 16.7. The van der Waals surface area contributed by atoms with Crippen molar-refractivity contribution in [2.45, 2.75) is 12.8 Å². The van der Waals surface area contributed by atoms with Gasteiger partial charge in [0.15, 0.2) is 0 Å². The van der Waals surface area contributed by atoms with E-state index in [0.29, 0.717) is 30.8 Å². The Morgan fingerprint density at radius 1 is 1.09 bits per heavy atom. The van der Waals surface area contributed by atoms with Gasteiger partial charge in [-0.1, -0.05) is 12.1 Å². The summed E-state index contributed by atoms with van der Waals surface area (Å²) in [6.07, 6.45) is 2.43. The minimum atomic E-state index is -0.381. The first-order valence-corrected chi connectivity index (χ1v) is 7.79. The van der Waals surface area contributed by atoms with Crippen LogP contribution in [-0.2, 0) is 4.79 Å². The smallest absolute Gasteiger partial charge is 0.290 e. The van der Waals surface area contributed by atoms with Gasteiger partial charge in [0.25, 0.3) is 11.1 Å². The number of nitrogens with zero attached hydrogens (tertiary/aromatic N) is 3. The first-order chi connectivity index (χ1) is 11.1. The van der Waals surface area contributed by atoms with E-state index in [1.54, 1.807) is 6.08 Å². The zero-order valence-electron chi connectivity index (χ0n) is 12.3. The van der Waals surface area contributed by atoms with Crippen LogP contribution in [0.3, 0.4) is 0 Å². The van der Waals surface area contributed by atoms with Crippen LogP contribution in [-0.4, -0.2) is 24.2 Å². The molecule has 1 saturated heterocycles. The van der Waals surface area contributed by atoms with E-state index in [0.717, 1.165) is 23.0 Å². The molecule has 1 aromatic carbocycles. The maximum atomic E-state index is 11.5. The van der Waals surface area contributed by atoms with Crippen molar-refractivity contribution in [2.24, 2.45) is 0 Å². The van der Waals surface area contributed by atoms with Crippen LogP contribution in [0.25, 0.3) is 6.08 Å². The summed E-state index contributed by atoms with van der Waals surface area (Å²) in [6.45, 7) is 1.12. The van der Waals surface area contributed by atoms with E-state index >= 15 is 0 Å². The molecule has 1 heterocycles. The number of anilines is 1. The van der Waals surface area contributed by atoms with Gasteiger partial charge in [-0.05, 0) is 35.5 Å². The second-order valence-corrected chi connectivity index (χ2v) is 5.76. The van der Waals surface area contributed by atoms with Crippen LogP contribution in [0.2, 0.25) is 0 Å². The fraction of sp³-hybridized carbons (Fsp3) is 0.250. The molecule has 1 aliphatic rings. The Morgan fingerprint density at radius 2 is 1.70 bits per heavy atom. The molecule has 116 valence electrons. The molecule has 0 atom stereocenters. The number of rotatable bonds is 6. The van der Waals surface area contributed by atoms with Gasteiger partial charge in [-0.3, -0.25) is 14.9 Å². The third-order valence-electron chi connectivity index (χ3n) is 3.19. The molecule has 0 bridgehead atoms. The molecule has 0 radical (unpaired) electrons. The first kappa shape index (κ1) is 16.6. The summed E-state index contributed by atoms with van der Waals surface area (Å²) in [5.41, 5.74) is 1.72. The molecule has 0 aromatic heterocycles. The lowest BCUT2D eigenvalue weighted by Crippen LogP contribution is -2.25. The first-order valence-electron chi connectivity index (χ1n) is 6.98. The van der Waals surface area contributed by atoms with E-state index in [-0.39, 0.29) is 11.1 Å². The van der Waals surface area contributed by atoms with Gasteiger partial charge in [-0.25, -0.2) is 0 Å². The predicted molar refractivity (Wildman–Crippen MR) is 88.2 cm³/mol. The van der Waals surface area contributed by atoms with Crippen molar-refractivity contribution in [3.05, 3.63) is 34.7 Å². The zero-order valence-corrected chi connectivity index (χ0v) is 13.1. The SMILES string of the molecule is N#CCCN(CCC#N)c1ccc(C=C2SC(=O)NC2=O)cc1. The summed E-state index contributed by atoms with van der Waals surface area (Å²) in [5, 5.41) is 19.3. The van der Waals surface area contributed by atoms with E-state index < -0.39 is 0 Å². The van der Waals surface area contributed by atoms with E-state index in [1.165, 1.54) is 0 Å². The van der Waals surface area contributed by atoms with Gasteiger partial charge in [-0.15, -0.1) is 0 Å². The van der Waals surface area contributed by atoms with Gasteiger partial charge in [0, 0.05) is 18.8 Å². The van der Waals surface area contributed by atoms with Crippen molar-refractivity contribution in [1.82, 2.24) is 5.32 Å². The molecule has 0 saturated carbocycles. The predicted octanol–water partition coefficient (Wildman–Crippen LogP) is 2.64. The minimum absolute atomic E-state index is 0.364. The molecule has 7 heteroatoms. The number of carbonyl (C=O) groups excluding carboxylic acids is 2. The number of nitrogens with one attached hydrogen (secondary N) is 1. The topological polar surface area (TPSA) is 97.0 Å². The van der Waals surface area contributed by atoms with Crippen molar-refractivity contribution in [2.75, 3.05) is 18.0 Å². The van der Waals surface area contributed by atoms with E-state index in [4.69, 9.17) is 10.5 Å². The number of imide groups is 1. The van der Waals surface area contributed by atoms with Gasteiger partial charge in [-0.2, -0.15) is 10.5 Å². The largest absolute Gasteiger partial charge is 0.369 e. The van der Waals surface area contributed by atoms with Gasteiger partial charge >= 0.3 is 0 Å². The summed E-state index contributed by atoms with van der Waals surface area (Å²) in [7, 11) is 0. The molecule has 1 fully saturated rings. The number of amides is 2. The Morgan fingerprint density at radius 3 is 2.17 bits per heavy atom. The Labute approximate surface area is 138 Å². The number of thioether (sulfide) groups is 1. The van der Waals surface area contributed by atoms with Crippen molar-refractivity contribution in [3.8, 4) is 12.1 Å². The average Bonchev–Trinajstić information content (AvgIpc) is 2.86. The summed E-state index contributed by atoms with van der Waals surface area (Å²) in [6, 6.07) is 11.6. The number of hydrogen-bond acceptors (Lipinski definition) is 6. The van der Waals surface area contributed by atoms with Crippen LogP contribution in [0.5, 0.6) is 0 Å². The lowest BCUT2D eigenvalue weighted by Gasteiger charge is -2.22. The van der Waals surface area contributed by atoms with Gasteiger partial charge in [0.2, 0.25) is 0 Å². The van der Waals surface area contributed by atoms with Crippen LogP contribution in [0.1, 0.15) is 18.4 Å². The standard InChI is InChI=1S/C16H14N4O2S/c17-7-1-9-20(10-2-8-18)13-5-3-12(4-6-13)11-14-15(21)19-16(22)23-14/h3-6,11H,1-2,9-10H2,(H,19,21,22). The Bertz CT molecular complexity index is 695. The van der Waals surface area contributed by atoms with Gasteiger partial charge in [0.1, 0.15) is 0 Å². The molecular weight excluding hydrogens is 312 g/mol. The summed E-state index contributed by atoms with van der Waals surface area (Å²) in [5.74, 6) is -0.381. The molecule has 2 amide bonds.